The van der Waals surface area contributed by atoms with Gasteiger partial charge in [-0.15, -0.1) is 0 Å². The molecule has 1 aromatic rings. The third-order valence-electron chi connectivity index (χ3n) is 4.71. The number of likely N-dealkylation sites (tertiary alicyclic amines) is 1. The molecular weight excluding hydrogens is 254 g/mol. The first-order chi connectivity index (χ1) is 9.59. The lowest BCUT2D eigenvalue weighted by molar-refractivity contribution is -0.136. The van der Waals surface area contributed by atoms with Crippen molar-refractivity contribution in [3.8, 4) is 0 Å². The van der Waals surface area contributed by atoms with Crippen molar-refractivity contribution >= 4 is 5.91 Å². The first kappa shape index (κ1) is 13.6. The number of hydrogen-bond donors (Lipinski definition) is 0. The second-order valence-electron chi connectivity index (χ2n) is 5.96. The standard InChI is InChI=1S/C15H23N3O2/c1-10-14(11(2)17(3)16-10)13-5-4-7-18(13)15(19)12-6-8-20-9-12/h12-13H,4-9H2,1-3H3/t12-,13-/m1/s1. The predicted molar refractivity (Wildman–Crippen MR) is 75.3 cm³/mol. The third-order valence-corrected chi connectivity index (χ3v) is 4.71. The highest BCUT2D eigenvalue weighted by atomic mass is 16.5. The van der Waals surface area contributed by atoms with Gasteiger partial charge in [0.2, 0.25) is 5.91 Å². The van der Waals surface area contributed by atoms with Crippen LogP contribution in [0.5, 0.6) is 0 Å². The summed E-state index contributed by atoms with van der Waals surface area (Å²) in [6.07, 6.45) is 3.00. The summed E-state index contributed by atoms with van der Waals surface area (Å²) in [6, 6.07) is 0.205. The van der Waals surface area contributed by atoms with Crippen LogP contribution in [-0.2, 0) is 16.6 Å². The maximum Gasteiger partial charge on any atom is 0.228 e. The van der Waals surface area contributed by atoms with Crippen LogP contribution in [-0.4, -0.2) is 40.3 Å². The minimum absolute atomic E-state index is 0.0629. The number of aromatic nitrogens is 2. The summed E-state index contributed by atoms with van der Waals surface area (Å²) < 4.78 is 7.29. The highest BCUT2D eigenvalue weighted by Gasteiger charge is 2.37. The van der Waals surface area contributed by atoms with Gasteiger partial charge in [-0.1, -0.05) is 0 Å². The van der Waals surface area contributed by atoms with Crippen LogP contribution in [0, 0.1) is 19.8 Å². The molecule has 0 bridgehead atoms. The maximum absolute atomic E-state index is 12.7. The molecule has 5 nitrogen and oxygen atoms in total. The first-order valence-electron chi connectivity index (χ1n) is 7.48. The van der Waals surface area contributed by atoms with Gasteiger partial charge in [-0.3, -0.25) is 9.48 Å². The van der Waals surface area contributed by atoms with Crippen LogP contribution in [0.3, 0.4) is 0 Å². The highest BCUT2D eigenvalue weighted by Crippen LogP contribution is 2.36. The van der Waals surface area contributed by atoms with E-state index in [1.165, 1.54) is 11.3 Å². The zero-order valence-electron chi connectivity index (χ0n) is 12.6. The fourth-order valence-corrected chi connectivity index (χ4v) is 3.57. The third kappa shape index (κ3) is 2.14. The fraction of sp³-hybridized carbons (Fsp3) is 0.733. The SMILES string of the molecule is Cc1nn(C)c(C)c1[C@H]1CCCN1C(=O)[C@@H]1CCOC1. The Bertz CT molecular complexity index is 517. The van der Waals surface area contributed by atoms with Crippen LogP contribution in [0.15, 0.2) is 0 Å². The monoisotopic (exact) mass is 277 g/mol. The Morgan fingerprint density at radius 2 is 2.15 bits per heavy atom. The Kier molecular flexibility index (Phi) is 3.54. The minimum Gasteiger partial charge on any atom is -0.381 e. The smallest absolute Gasteiger partial charge is 0.228 e. The van der Waals surface area contributed by atoms with Crippen molar-refractivity contribution in [3.63, 3.8) is 0 Å². The van der Waals surface area contributed by atoms with Crippen LogP contribution in [0.25, 0.3) is 0 Å². The summed E-state index contributed by atoms with van der Waals surface area (Å²) in [5.74, 6) is 0.334. The molecule has 2 aliphatic heterocycles. The normalized spacial score (nSPS) is 26.4. The van der Waals surface area contributed by atoms with E-state index in [-0.39, 0.29) is 17.9 Å². The van der Waals surface area contributed by atoms with E-state index < -0.39 is 0 Å². The van der Waals surface area contributed by atoms with Crippen LogP contribution in [0.1, 0.15) is 42.3 Å². The molecule has 0 aliphatic carbocycles. The number of aryl methyl sites for hydroxylation is 2. The quantitative estimate of drug-likeness (QED) is 0.827. The number of nitrogens with zero attached hydrogens (tertiary/aromatic N) is 3. The molecule has 0 aromatic carbocycles. The lowest BCUT2D eigenvalue weighted by atomic mass is 10.0. The van der Waals surface area contributed by atoms with Crippen molar-refractivity contribution < 1.29 is 9.53 Å². The molecule has 110 valence electrons. The second-order valence-corrected chi connectivity index (χ2v) is 5.96. The van der Waals surface area contributed by atoms with Crippen molar-refractivity contribution in [2.24, 2.45) is 13.0 Å². The molecule has 0 unspecified atom stereocenters. The van der Waals surface area contributed by atoms with Crippen molar-refractivity contribution in [2.75, 3.05) is 19.8 Å². The Hall–Kier alpha value is -1.36. The van der Waals surface area contributed by atoms with Gasteiger partial charge in [-0.2, -0.15) is 5.10 Å². The molecule has 2 atom stereocenters. The van der Waals surface area contributed by atoms with E-state index >= 15 is 0 Å². The van der Waals surface area contributed by atoms with E-state index in [9.17, 15) is 4.79 Å². The average Bonchev–Trinajstić information content (AvgIpc) is 3.12. The summed E-state index contributed by atoms with van der Waals surface area (Å²) in [5, 5.41) is 4.50. The van der Waals surface area contributed by atoms with E-state index in [1.54, 1.807) is 0 Å². The minimum atomic E-state index is 0.0629. The zero-order valence-corrected chi connectivity index (χ0v) is 12.6. The molecule has 0 spiro atoms. The maximum atomic E-state index is 12.7. The molecule has 2 aliphatic rings. The van der Waals surface area contributed by atoms with Gasteiger partial charge in [0, 0.05) is 31.5 Å². The molecule has 0 saturated carbocycles. The van der Waals surface area contributed by atoms with Crippen LogP contribution in [0.4, 0.5) is 0 Å². The number of carbonyl (C=O) groups excluding carboxylic acids is 1. The molecule has 0 N–H and O–H groups in total. The number of ether oxygens (including phenoxy) is 1. The first-order valence-corrected chi connectivity index (χ1v) is 7.48. The van der Waals surface area contributed by atoms with Crippen LogP contribution < -0.4 is 0 Å². The van der Waals surface area contributed by atoms with Gasteiger partial charge in [-0.05, 0) is 33.1 Å². The fourth-order valence-electron chi connectivity index (χ4n) is 3.57. The van der Waals surface area contributed by atoms with E-state index in [2.05, 4.69) is 16.9 Å². The molecule has 2 fully saturated rings. The predicted octanol–water partition coefficient (Wildman–Crippen LogP) is 1.74. The van der Waals surface area contributed by atoms with Crippen molar-refractivity contribution in [2.45, 2.75) is 39.2 Å². The Morgan fingerprint density at radius 3 is 2.75 bits per heavy atom. The zero-order chi connectivity index (χ0) is 14.3. The molecule has 1 aromatic heterocycles. The molecule has 3 heterocycles. The van der Waals surface area contributed by atoms with Gasteiger partial charge >= 0.3 is 0 Å². The number of carbonyl (C=O) groups is 1. The summed E-state index contributed by atoms with van der Waals surface area (Å²) in [6.45, 7) is 6.32. The molecular formula is C15H23N3O2. The molecule has 20 heavy (non-hydrogen) atoms. The lowest BCUT2D eigenvalue weighted by Crippen LogP contribution is -2.36. The van der Waals surface area contributed by atoms with Gasteiger partial charge in [0.15, 0.2) is 0 Å². The Labute approximate surface area is 119 Å². The summed E-state index contributed by atoms with van der Waals surface area (Å²) in [4.78, 5) is 14.7. The van der Waals surface area contributed by atoms with E-state index in [0.717, 1.165) is 38.1 Å². The highest BCUT2D eigenvalue weighted by molar-refractivity contribution is 5.80. The molecule has 5 heteroatoms. The number of amides is 1. The Balaban J connectivity index is 1.86. The van der Waals surface area contributed by atoms with Gasteiger partial charge in [-0.25, -0.2) is 0 Å². The van der Waals surface area contributed by atoms with Gasteiger partial charge in [0.25, 0.3) is 0 Å². The van der Waals surface area contributed by atoms with E-state index in [1.807, 2.05) is 18.7 Å². The largest absolute Gasteiger partial charge is 0.381 e. The molecule has 1 amide bonds. The van der Waals surface area contributed by atoms with Crippen molar-refractivity contribution in [3.05, 3.63) is 17.0 Å². The topological polar surface area (TPSA) is 47.4 Å². The summed E-state index contributed by atoms with van der Waals surface area (Å²) in [5.41, 5.74) is 3.48. The van der Waals surface area contributed by atoms with E-state index in [0.29, 0.717) is 6.61 Å². The van der Waals surface area contributed by atoms with Crippen LogP contribution in [0.2, 0.25) is 0 Å². The number of hydrogen-bond acceptors (Lipinski definition) is 3. The van der Waals surface area contributed by atoms with Gasteiger partial charge in [0.05, 0.1) is 24.3 Å². The van der Waals surface area contributed by atoms with Crippen LogP contribution >= 0.6 is 0 Å². The lowest BCUT2D eigenvalue weighted by Gasteiger charge is -2.27. The van der Waals surface area contributed by atoms with Gasteiger partial charge in [0.1, 0.15) is 0 Å². The van der Waals surface area contributed by atoms with Crippen molar-refractivity contribution in [1.29, 1.82) is 0 Å². The summed E-state index contributed by atoms with van der Waals surface area (Å²) in [7, 11) is 1.97. The molecule has 3 rings (SSSR count). The van der Waals surface area contributed by atoms with E-state index in [4.69, 9.17) is 4.74 Å². The molecule has 0 radical (unpaired) electrons. The number of rotatable bonds is 2. The second kappa shape index (κ2) is 5.20. The van der Waals surface area contributed by atoms with Gasteiger partial charge < -0.3 is 9.64 Å². The average molecular weight is 277 g/mol. The molecule has 2 saturated heterocycles. The Morgan fingerprint density at radius 1 is 1.35 bits per heavy atom. The van der Waals surface area contributed by atoms with Crippen molar-refractivity contribution in [1.82, 2.24) is 14.7 Å². The summed E-state index contributed by atoms with van der Waals surface area (Å²) >= 11 is 0.